The molecular weight excluding hydrogens is 1500 g/mol. The van der Waals surface area contributed by atoms with Gasteiger partial charge in [0.25, 0.3) is 0 Å². The molecule has 0 bridgehead atoms. The first-order valence-electron chi connectivity index (χ1n) is 42.2. The first kappa shape index (κ1) is 108. The second-order valence-electron chi connectivity index (χ2n) is 26.6. The summed E-state index contributed by atoms with van der Waals surface area (Å²) < 4.78 is 68.4. The van der Waals surface area contributed by atoms with Crippen LogP contribution in [0.25, 0.3) is 0 Å². The predicted molar refractivity (Wildman–Crippen MR) is 481 cm³/mol. The maximum atomic E-state index is 13.1. The molecule has 3 N–H and O–H groups in total. The van der Waals surface area contributed by atoms with Crippen molar-refractivity contribution in [1.29, 1.82) is 0 Å². The van der Waals surface area contributed by atoms with Crippen molar-refractivity contribution in [3.05, 3.63) is 279 Å². The summed E-state index contributed by atoms with van der Waals surface area (Å²) in [6, 6.07) is 0. The molecule has 0 heterocycles. The Labute approximate surface area is 699 Å². The molecule has 2 unspecified atom stereocenters. The molecule has 116 heavy (non-hydrogen) atoms. The number of phosphoric ester groups is 2. The molecule has 0 fully saturated rings. The largest absolute Gasteiger partial charge is 0.472 e. The third kappa shape index (κ3) is 84.0. The zero-order valence-electron chi connectivity index (χ0n) is 70.5. The van der Waals surface area contributed by atoms with Crippen LogP contribution in [0.1, 0.15) is 246 Å². The zero-order chi connectivity index (χ0) is 84.5. The third-order valence-corrected chi connectivity index (χ3v) is 17.8. The summed E-state index contributed by atoms with van der Waals surface area (Å²) in [4.78, 5) is 73.2. The molecule has 0 aromatic carbocycles. The first-order chi connectivity index (χ1) is 56.7. The van der Waals surface area contributed by atoms with Gasteiger partial charge in [-0.05, 0) is 180 Å². The summed E-state index contributed by atoms with van der Waals surface area (Å²) in [6.07, 6.45) is 117. The standard InChI is InChI=1S/C97H144O17P2/c1-5-9-13-17-21-25-29-33-37-41-45-49-53-57-61-65-69-73-77-81-94(99)107-87-92(113-96(101)83-79-75-71-67-63-59-55-51-47-43-39-35-31-27-23-19-15-11-7-3)89-111-115(103,104)109-85-91(98)86-110-116(105,106)112-90-93(114-97(102)84-80-76-72-68-64-60-56-52-48-44-40-36-32-28-24-20-16-12-8-4)88-108-95(100)82-78-74-70-66-62-58-54-50-46-42-38-34-30-26-22-18-14-10-6-2/h9,11-13,15-16,21-28,33-40,45-52,57-64,69-76,91-93,98H,5-8,10,14,17-20,29-32,41-44,53-56,65-68,77-90H2,1-4H3,(H,103,104)(H,105,106)/b13-9-,15-11-,16-12-,25-21-,26-22-,27-23-,28-24-,37-33-,38-34-,39-35-,40-36-,49-45-,50-46-,51-47-,52-48-,61-57-,62-58-,63-59-,64-60-,73-69-,74-70-,75-71-,76-72-/t91-,92-,93-/m1/s1. The number of carbonyl (C=O) groups is 4. The summed E-state index contributed by atoms with van der Waals surface area (Å²) in [7, 11) is -10.1. The van der Waals surface area contributed by atoms with Gasteiger partial charge in [0.1, 0.15) is 19.3 Å². The van der Waals surface area contributed by atoms with Crippen LogP contribution in [0.15, 0.2) is 279 Å². The van der Waals surface area contributed by atoms with E-state index in [0.717, 1.165) is 122 Å². The fraction of sp³-hybridized carbons (Fsp3) is 0.485. The molecule has 0 saturated carbocycles. The monoisotopic (exact) mass is 1640 g/mol. The van der Waals surface area contributed by atoms with E-state index >= 15 is 0 Å². The minimum absolute atomic E-state index is 0.00302. The van der Waals surface area contributed by atoms with Gasteiger partial charge < -0.3 is 33.8 Å². The number of unbranched alkanes of at least 4 members (excludes halogenated alkanes) is 3. The molecule has 0 amide bonds. The van der Waals surface area contributed by atoms with E-state index in [1.54, 1.807) is 0 Å². The van der Waals surface area contributed by atoms with E-state index in [1.807, 2.05) is 72.9 Å². The normalized spacial score (nSPS) is 15.1. The Morgan fingerprint density at radius 3 is 0.655 bits per heavy atom. The number of aliphatic hydroxyl groups excluding tert-OH is 1. The fourth-order valence-corrected chi connectivity index (χ4v) is 11.2. The van der Waals surface area contributed by atoms with E-state index < -0.39 is 97.5 Å². The highest BCUT2D eigenvalue weighted by Gasteiger charge is 2.30. The van der Waals surface area contributed by atoms with Crippen LogP contribution in [0.2, 0.25) is 0 Å². The lowest BCUT2D eigenvalue weighted by Crippen LogP contribution is -2.30. The van der Waals surface area contributed by atoms with Crippen LogP contribution in [-0.2, 0) is 65.4 Å². The molecular formula is C97H144O17P2. The van der Waals surface area contributed by atoms with Crippen LogP contribution >= 0.6 is 15.6 Å². The molecule has 19 heteroatoms. The summed E-state index contributed by atoms with van der Waals surface area (Å²) in [6.45, 7) is 4.10. The lowest BCUT2D eigenvalue weighted by atomic mass is 10.2. The van der Waals surface area contributed by atoms with Gasteiger partial charge in [-0.25, -0.2) is 9.13 Å². The highest BCUT2D eigenvalue weighted by molar-refractivity contribution is 7.47. The van der Waals surface area contributed by atoms with E-state index in [2.05, 4.69) is 234 Å². The summed E-state index contributed by atoms with van der Waals surface area (Å²) >= 11 is 0. The number of rotatable bonds is 75. The second kappa shape index (κ2) is 85.0. The van der Waals surface area contributed by atoms with Crippen LogP contribution in [0.3, 0.4) is 0 Å². The number of carbonyl (C=O) groups excluding carboxylic acids is 4. The Bertz CT molecular complexity index is 3310. The minimum atomic E-state index is -5.05. The Morgan fingerprint density at radius 2 is 0.440 bits per heavy atom. The molecule has 0 aromatic rings. The van der Waals surface area contributed by atoms with Gasteiger partial charge >= 0.3 is 39.5 Å². The Balaban J connectivity index is 5.71. The highest BCUT2D eigenvalue weighted by atomic mass is 31.2. The van der Waals surface area contributed by atoms with Crippen molar-refractivity contribution in [2.75, 3.05) is 39.6 Å². The molecule has 0 aliphatic rings. The van der Waals surface area contributed by atoms with Crippen LogP contribution < -0.4 is 0 Å². The van der Waals surface area contributed by atoms with Crippen molar-refractivity contribution in [1.82, 2.24) is 0 Å². The average Bonchev–Trinajstić information content (AvgIpc) is 0.898. The third-order valence-electron chi connectivity index (χ3n) is 15.9. The van der Waals surface area contributed by atoms with Gasteiger partial charge in [0.2, 0.25) is 0 Å². The van der Waals surface area contributed by atoms with Crippen molar-refractivity contribution in [2.24, 2.45) is 0 Å². The zero-order valence-corrected chi connectivity index (χ0v) is 72.3. The summed E-state index contributed by atoms with van der Waals surface area (Å²) in [5.41, 5.74) is 0. The second-order valence-corrected chi connectivity index (χ2v) is 29.5. The van der Waals surface area contributed by atoms with Crippen molar-refractivity contribution < 1.29 is 80.2 Å². The van der Waals surface area contributed by atoms with Crippen molar-refractivity contribution in [2.45, 2.75) is 264 Å². The molecule has 0 saturated heterocycles. The Morgan fingerprint density at radius 1 is 0.250 bits per heavy atom. The molecule has 5 atom stereocenters. The first-order valence-corrected chi connectivity index (χ1v) is 45.2. The average molecular weight is 1640 g/mol. The highest BCUT2D eigenvalue weighted by Crippen LogP contribution is 2.45. The van der Waals surface area contributed by atoms with Gasteiger partial charge in [0.05, 0.1) is 26.4 Å². The predicted octanol–water partition coefficient (Wildman–Crippen LogP) is 25.7. The quantitative estimate of drug-likeness (QED) is 0.0169. The molecule has 644 valence electrons. The number of hydrogen-bond donors (Lipinski definition) is 3. The number of hydrogen-bond acceptors (Lipinski definition) is 15. The SMILES string of the molecule is CC/C=C\C/C=C\C/C=C\C/C=C\C/C=C\C/C=C\CCC(=O)OC[C@H](COP(=O)(O)OC[C@@H](O)COP(=O)(O)OC[C@@H](COC(=O)CC/C=C\C/C=C\C/C=C\C/C=C\C/C=C\CCCCC)OC(=O)CC/C=C\C/C=C\C/C=C\C/C=C\C/C=C\C/C=C\CC)OC(=O)CC/C=C\C/C=C\C/C=C\C/C=C\C/C=C\C/C=C\CC. The van der Waals surface area contributed by atoms with Crippen LogP contribution in [-0.4, -0.2) is 96.7 Å². The molecule has 0 rings (SSSR count). The Kier molecular flexibility index (Phi) is 79.2. The smallest absolute Gasteiger partial charge is 0.462 e. The molecule has 17 nitrogen and oxygen atoms in total. The van der Waals surface area contributed by atoms with Crippen molar-refractivity contribution in [3.8, 4) is 0 Å². The number of esters is 4. The van der Waals surface area contributed by atoms with Gasteiger partial charge in [0.15, 0.2) is 12.2 Å². The summed E-state index contributed by atoms with van der Waals surface area (Å²) in [5.74, 6) is -2.61. The molecule has 0 spiro atoms. The molecule has 0 radical (unpaired) electrons. The topological polar surface area (TPSA) is 237 Å². The number of aliphatic hydroxyl groups is 1. The van der Waals surface area contributed by atoms with E-state index in [9.17, 15) is 43.2 Å². The van der Waals surface area contributed by atoms with E-state index in [-0.39, 0.29) is 25.7 Å². The maximum absolute atomic E-state index is 13.1. The Hall–Kier alpha value is -7.92. The van der Waals surface area contributed by atoms with E-state index in [4.69, 9.17) is 37.0 Å². The van der Waals surface area contributed by atoms with Crippen molar-refractivity contribution >= 4 is 39.5 Å². The van der Waals surface area contributed by atoms with Crippen LogP contribution in [0.5, 0.6) is 0 Å². The van der Waals surface area contributed by atoms with Gasteiger partial charge in [0, 0.05) is 25.7 Å². The maximum Gasteiger partial charge on any atom is 0.472 e. The van der Waals surface area contributed by atoms with Gasteiger partial charge in [-0.15, -0.1) is 0 Å². The van der Waals surface area contributed by atoms with Gasteiger partial charge in [-0.1, -0.05) is 320 Å². The summed E-state index contributed by atoms with van der Waals surface area (Å²) in [5, 5.41) is 10.7. The van der Waals surface area contributed by atoms with Gasteiger partial charge in [-0.3, -0.25) is 37.3 Å². The molecule has 0 aliphatic carbocycles. The molecule has 0 aliphatic heterocycles. The van der Waals surface area contributed by atoms with Crippen molar-refractivity contribution in [3.63, 3.8) is 0 Å². The number of allylic oxidation sites excluding steroid dienone is 46. The number of phosphoric acid groups is 2. The lowest BCUT2D eigenvalue weighted by Gasteiger charge is -2.21. The molecule has 0 aromatic heterocycles. The van der Waals surface area contributed by atoms with E-state index in [0.29, 0.717) is 51.4 Å². The van der Waals surface area contributed by atoms with Gasteiger partial charge in [-0.2, -0.15) is 0 Å². The van der Waals surface area contributed by atoms with Crippen LogP contribution in [0.4, 0.5) is 0 Å². The van der Waals surface area contributed by atoms with E-state index in [1.165, 1.54) is 19.3 Å². The lowest BCUT2D eigenvalue weighted by molar-refractivity contribution is -0.161. The fourth-order valence-electron chi connectivity index (χ4n) is 9.63. The number of ether oxygens (including phenoxy) is 4. The minimum Gasteiger partial charge on any atom is -0.462 e. The van der Waals surface area contributed by atoms with Crippen LogP contribution in [0, 0.1) is 0 Å².